The summed E-state index contributed by atoms with van der Waals surface area (Å²) in [5, 5.41) is 0. The van der Waals surface area contributed by atoms with Crippen LogP contribution in [0.3, 0.4) is 0 Å². The molecule has 0 radical (unpaired) electrons. The number of fused-ring (bicyclic) bond motifs is 3. The minimum Gasteiger partial charge on any atom is -0.450 e. The molecule has 0 bridgehead atoms. The molecule has 1 aromatic rings. The molecule has 118 valence electrons. The monoisotopic (exact) mass is 301 g/mol. The summed E-state index contributed by atoms with van der Waals surface area (Å²) in [7, 11) is 2.17. The molecule has 3 aliphatic rings. The second-order valence-corrected chi connectivity index (χ2v) is 6.44. The van der Waals surface area contributed by atoms with Crippen LogP contribution in [0.5, 0.6) is 0 Å². The molecule has 5 heteroatoms. The summed E-state index contributed by atoms with van der Waals surface area (Å²) >= 11 is 0. The van der Waals surface area contributed by atoms with Crippen molar-refractivity contribution in [2.45, 2.75) is 25.3 Å². The largest absolute Gasteiger partial charge is 0.450 e. The Morgan fingerprint density at radius 2 is 2.18 bits per heavy atom. The normalized spacial score (nSPS) is 25.8. The van der Waals surface area contributed by atoms with Crippen LogP contribution in [0.25, 0.3) is 0 Å². The Morgan fingerprint density at radius 3 is 3.00 bits per heavy atom. The zero-order valence-electron chi connectivity index (χ0n) is 13.3. The van der Waals surface area contributed by atoms with Crippen molar-refractivity contribution in [3.05, 3.63) is 23.8 Å². The first kappa shape index (κ1) is 13.7. The predicted molar refractivity (Wildman–Crippen MR) is 86.8 cm³/mol. The van der Waals surface area contributed by atoms with E-state index in [1.54, 1.807) is 0 Å². The number of likely N-dealkylation sites (tertiary alicyclic amines) is 1. The van der Waals surface area contributed by atoms with Gasteiger partial charge in [0.15, 0.2) is 0 Å². The Balaban J connectivity index is 1.67. The number of benzene rings is 1. The molecule has 0 spiro atoms. The summed E-state index contributed by atoms with van der Waals surface area (Å²) in [4.78, 5) is 18.9. The van der Waals surface area contributed by atoms with Gasteiger partial charge in [-0.1, -0.05) is 12.1 Å². The third-order valence-corrected chi connectivity index (χ3v) is 5.32. The van der Waals surface area contributed by atoms with Crippen LogP contribution < -0.4 is 9.80 Å². The maximum atomic E-state index is 12.1. The smallest absolute Gasteiger partial charge is 0.409 e. The highest BCUT2D eigenvalue weighted by atomic mass is 16.6. The van der Waals surface area contributed by atoms with Crippen molar-refractivity contribution in [1.29, 1.82) is 0 Å². The molecule has 2 atom stereocenters. The maximum Gasteiger partial charge on any atom is 0.409 e. The first-order chi connectivity index (χ1) is 10.7. The van der Waals surface area contributed by atoms with Gasteiger partial charge in [-0.25, -0.2) is 4.79 Å². The lowest BCUT2D eigenvalue weighted by Gasteiger charge is -2.41. The number of rotatable bonds is 1. The van der Waals surface area contributed by atoms with Gasteiger partial charge >= 0.3 is 6.09 Å². The highest BCUT2D eigenvalue weighted by Crippen LogP contribution is 2.50. The molecular weight excluding hydrogens is 278 g/mol. The molecule has 3 heterocycles. The maximum absolute atomic E-state index is 12.1. The Kier molecular flexibility index (Phi) is 3.17. The van der Waals surface area contributed by atoms with E-state index in [9.17, 15) is 4.79 Å². The van der Waals surface area contributed by atoms with Gasteiger partial charge in [-0.15, -0.1) is 0 Å². The third-order valence-electron chi connectivity index (χ3n) is 5.32. The second-order valence-electron chi connectivity index (χ2n) is 6.44. The summed E-state index contributed by atoms with van der Waals surface area (Å²) in [5.74, 6) is 0.416. The molecule has 0 aliphatic carbocycles. The van der Waals surface area contributed by atoms with Gasteiger partial charge in [-0.2, -0.15) is 0 Å². The van der Waals surface area contributed by atoms with Gasteiger partial charge in [-0.3, -0.25) is 0 Å². The van der Waals surface area contributed by atoms with Gasteiger partial charge in [0.05, 0.1) is 18.0 Å². The molecule has 5 nitrogen and oxygen atoms in total. The fourth-order valence-corrected chi connectivity index (χ4v) is 4.29. The zero-order valence-corrected chi connectivity index (χ0v) is 13.3. The molecule has 1 aromatic carbocycles. The molecule has 0 unspecified atom stereocenters. The quantitative estimate of drug-likeness (QED) is 0.797. The molecule has 0 aromatic heterocycles. The van der Waals surface area contributed by atoms with E-state index in [4.69, 9.17) is 4.74 Å². The first-order valence-corrected chi connectivity index (χ1v) is 8.23. The van der Waals surface area contributed by atoms with Crippen molar-refractivity contribution >= 4 is 17.5 Å². The van der Waals surface area contributed by atoms with Crippen molar-refractivity contribution in [2.75, 3.05) is 49.6 Å². The van der Waals surface area contributed by atoms with Gasteiger partial charge in [0.1, 0.15) is 0 Å². The lowest BCUT2D eigenvalue weighted by molar-refractivity contribution is 0.0934. The van der Waals surface area contributed by atoms with E-state index >= 15 is 0 Å². The summed E-state index contributed by atoms with van der Waals surface area (Å²) in [6.45, 7) is 6.04. The number of carbonyl (C=O) groups is 1. The number of likely N-dealkylation sites (N-methyl/N-ethyl adjacent to an activating group) is 1. The zero-order chi connectivity index (χ0) is 15.3. The van der Waals surface area contributed by atoms with E-state index < -0.39 is 0 Å². The third kappa shape index (κ3) is 1.87. The first-order valence-electron chi connectivity index (χ1n) is 8.23. The number of carbonyl (C=O) groups excluding carboxylic acids is 1. The summed E-state index contributed by atoms with van der Waals surface area (Å²) in [5.41, 5.74) is 4.14. The standard InChI is InChI=1S/C17H23N3O2/c1-3-22-17(21)19-8-7-14-13(11-19)12-5-4-6-15-16(12)20(14)10-9-18(15)2/h4-6,13-14H,3,7-11H2,1-2H3/t13-,14-/m1/s1. The van der Waals surface area contributed by atoms with Gasteiger partial charge in [0.25, 0.3) is 0 Å². The molecule has 1 fully saturated rings. The van der Waals surface area contributed by atoms with E-state index in [2.05, 4.69) is 35.0 Å². The van der Waals surface area contributed by atoms with Crippen LogP contribution in [0.2, 0.25) is 0 Å². The number of ether oxygens (including phenoxy) is 1. The van der Waals surface area contributed by atoms with Crippen molar-refractivity contribution in [2.24, 2.45) is 0 Å². The molecule has 22 heavy (non-hydrogen) atoms. The van der Waals surface area contributed by atoms with Crippen LogP contribution in [-0.2, 0) is 4.74 Å². The number of hydrogen-bond donors (Lipinski definition) is 0. The molecular formula is C17H23N3O2. The molecule has 0 N–H and O–H groups in total. The molecule has 1 saturated heterocycles. The van der Waals surface area contributed by atoms with E-state index in [0.29, 0.717) is 18.6 Å². The van der Waals surface area contributed by atoms with E-state index in [0.717, 1.165) is 32.6 Å². The Hall–Kier alpha value is -1.91. The fraction of sp³-hybridized carbons (Fsp3) is 0.588. The van der Waals surface area contributed by atoms with Crippen LogP contribution in [-0.4, -0.2) is 56.9 Å². The van der Waals surface area contributed by atoms with Crippen molar-refractivity contribution in [3.63, 3.8) is 0 Å². The Bertz CT molecular complexity index is 604. The van der Waals surface area contributed by atoms with Gasteiger partial charge in [0, 0.05) is 45.2 Å². The van der Waals surface area contributed by atoms with Gasteiger partial charge < -0.3 is 19.4 Å². The predicted octanol–water partition coefficient (Wildman–Crippen LogP) is 2.27. The summed E-state index contributed by atoms with van der Waals surface area (Å²) in [6, 6.07) is 7.14. The van der Waals surface area contributed by atoms with Gasteiger partial charge in [0.2, 0.25) is 0 Å². The Morgan fingerprint density at radius 1 is 1.32 bits per heavy atom. The number of nitrogens with zero attached hydrogens (tertiary/aromatic N) is 3. The number of para-hydroxylation sites is 1. The van der Waals surface area contributed by atoms with Crippen LogP contribution in [0.4, 0.5) is 16.2 Å². The minimum absolute atomic E-state index is 0.163. The van der Waals surface area contributed by atoms with Crippen molar-refractivity contribution < 1.29 is 9.53 Å². The highest BCUT2D eigenvalue weighted by molar-refractivity contribution is 5.81. The van der Waals surface area contributed by atoms with E-state index in [1.807, 2.05) is 11.8 Å². The lowest BCUT2D eigenvalue weighted by Crippen LogP contribution is -2.50. The lowest BCUT2D eigenvalue weighted by atomic mass is 9.89. The fourth-order valence-electron chi connectivity index (χ4n) is 4.29. The molecule has 3 aliphatic heterocycles. The average molecular weight is 301 g/mol. The molecule has 1 amide bonds. The van der Waals surface area contributed by atoms with Crippen LogP contribution in [0.1, 0.15) is 24.8 Å². The molecule has 0 saturated carbocycles. The topological polar surface area (TPSA) is 36.0 Å². The van der Waals surface area contributed by atoms with Crippen molar-refractivity contribution in [3.8, 4) is 0 Å². The SMILES string of the molecule is CCOC(=O)N1CC[C@@H]2[C@H](C1)c1cccc3c1N2CCN3C. The van der Waals surface area contributed by atoms with Crippen LogP contribution in [0, 0.1) is 0 Å². The molecule has 4 rings (SSSR count). The van der Waals surface area contributed by atoms with Gasteiger partial charge in [-0.05, 0) is 25.0 Å². The van der Waals surface area contributed by atoms with Crippen LogP contribution >= 0.6 is 0 Å². The number of hydrogen-bond acceptors (Lipinski definition) is 4. The highest BCUT2D eigenvalue weighted by Gasteiger charge is 2.45. The van der Waals surface area contributed by atoms with E-state index in [-0.39, 0.29) is 6.09 Å². The minimum atomic E-state index is -0.163. The van der Waals surface area contributed by atoms with E-state index in [1.165, 1.54) is 16.9 Å². The number of anilines is 2. The Labute approximate surface area is 131 Å². The number of piperidine rings is 1. The average Bonchev–Trinajstić information content (AvgIpc) is 2.86. The summed E-state index contributed by atoms with van der Waals surface area (Å²) < 4.78 is 5.19. The van der Waals surface area contributed by atoms with Crippen molar-refractivity contribution in [1.82, 2.24) is 4.90 Å². The number of amides is 1. The second kappa shape index (κ2) is 5.07. The summed E-state index contributed by atoms with van der Waals surface area (Å²) in [6.07, 6.45) is 0.866. The van der Waals surface area contributed by atoms with Crippen LogP contribution in [0.15, 0.2) is 18.2 Å².